The van der Waals surface area contributed by atoms with Crippen molar-refractivity contribution >= 4 is 17.9 Å². The van der Waals surface area contributed by atoms with Crippen molar-refractivity contribution in [3.63, 3.8) is 0 Å². The average Bonchev–Trinajstić information content (AvgIpc) is 3.36. The van der Waals surface area contributed by atoms with Crippen LogP contribution in [0.1, 0.15) is 35.6 Å². The van der Waals surface area contributed by atoms with E-state index in [0.717, 1.165) is 69.1 Å². The molecule has 1 aromatic carbocycles. The molecular weight excluding hydrogens is 395 g/mol. The van der Waals surface area contributed by atoms with Crippen LogP contribution >= 0.6 is 0 Å². The molecule has 3 aliphatic rings. The lowest BCUT2D eigenvalue weighted by atomic mass is 9.86. The molecule has 0 radical (unpaired) electrons. The van der Waals surface area contributed by atoms with Crippen LogP contribution in [-0.2, 0) is 11.2 Å². The fraction of sp³-hybridized carbons (Fsp3) is 0.417. The summed E-state index contributed by atoms with van der Waals surface area (Å²) in [4.78, 5) is 28.2. The highest BCUT2D eigenvalue weighted by Gasteiger charge is 2.29. The van der Waals surface area contributed by atoms with Crippen molar-refractivity contribution in [3.05, 3.63) is 59.2 Å². The molecule has 0 unspecified atom stereocenters. The van der Waals surface area contributed by atoms with Gasteiger partial charge >= 0.3 is 6.03 Å². The van der Waals surface area contributed by atoms with E-state index in [0.29, 0.717) is 12.3 Å². The molecule has 2 saturated heterocycles. The van der Waals surface area contributed by atoms with Gasteiger partial charge < -0.3 is 19.7 Å². The lowest BCUT2D eigenvalue weighted by Crippen LogP contribution is -2.40. The van der Waals surface area contributed by atoms with E-state index in [-0.39, 0.29) is 17.6 Å². The number of rotatable bonds is 5. The Morgan fingerprint density at radius 1 is 1.00 bits per heavy atom. The zero-order chi connectivity index (χ0) is 21.4. The van der Waals surface area contributed by atoms with Crippen molar-refractivity contribution in [1.82, 2.24) is 19.7 Å². The molecule has 2 aliphatic heterocycles. The Morgan fingerprint density at radius 3 is 2.48 bits per heavy atom. The maximum Gasteiger partial charge on any atom is 0.317 e. The van der Waals surface area contributed by atoms with Crippen LogP contribution in [0.15, 0.2) is 36.5 Å². The number of allylic oxidation sites excluding steroid dienone is 1. The predicted molar refractivity (Wildman–Crippen MR) is 117 cm³/mol. The van der Waals surface area contributed by atoms with Crippen LogP contribution in [0, 0.1) is 5.82 Å². The first-order chi connectivity index (χ1) is 15.1. The van der Waals surface area contributed by atoms with Gasteiger partial charge in [-0.15, -0.1) is 0 Å². The lowest BCUT2D eigenvalue weighted by molar-refractivity contribution is -0.114. The summed E-state index contributed by atoms with van der Waals surface area (Å²) < 4.78 is 15.5. The molecule has 3 heterocycles. The van der Waals surface area contributed by atoms with Crippen molar-refractivity contribution in [2.45, 2.75) is 25.2 Å². The standard InChI is InChI=1S/C24H27FN4O2/c25-18-1-3-19(4-2-18)29-16-22(21-15-20(30)5-6-23(21)29)17-7-10-27(11-8-17)13-14-28-12-9-26-24(28)31/h1-6,16-17H,7-15H2,(H,26,31). The number of benzene rings is 1. The number of carbonyl (C=O) groups is 2. The number of hydrogen-bond acceptors (Lipinski definition) is 3. The van der Waals surface area contributed by atoms with Crippen LogP contribution in [0.4, 0.5) is 9.18 Å². The summed E-state index contributed by atoms with van der Waals surface area (Å²) in [5.74, 6) is 0.280. The minimum absolute atomic E-state index is 0.0429. The minimum atomic E-state index is -0.255. The molecule has 0 atom stereocenters. The summed E-state index contributed by atoms with van der Waals surface area (Å²) in [6, 6.07) is 6.54. The van der Waals surface area contributed by atoms with Gasteiger partial charge in [0, 0.05) is 50.2 Å². The van der Waals surface area contributed by atoms with E-state index in [4.69, 9.17) is 0 Å². The minimum Gasteiger partial charge on any atom is -0.336 e. The van der Waals surface area contributed by atoms with Crippen LogP contribution in [-0.4, -0.2) is 65.4 Å². The predicted octanol–water partition coefficient (Wildman–Crippen LogP) is 2.96. The maximum absolute atomic E-state index is 13.4. The van der Waals surface area contributed by atoms with Crippen LogP contribution in [0.5, 0.6) is 0 Å². The average molecular weight is 423 g/mol. The number of fused-ring (bicyclic) bond motifs is 1. The second-order valence-electron chi connectivity index (χ2n) is 8.61. The molecule has 2 fully saturated rings. The van der Waals surface area contributed by atoms with E-state index in [1.807, 2.05) is 11.0 Å². The number of likely N-dealkylation sites (tertiary alicyclic amines) is 1. The summed E-state index contributed by atoms with van der Waals surface area (Å²) in [6.07, 6.45) is 8.18. The van der Waals surface area contributed by atoms with Gasteiger partial charge in [0.15, 0.2) is 5.78 Å². The van der Waals surface area contributed by atoms with Crippen molar-refractivity contribution in [1.29, 1.82) is 0 Å². The first kappa shape index (κ1) is 20.0. The summed E-state index contributed by atoms with van der Waals surface area (Å²) in [5.41, 5.74) is 4.30. The second-order valence-corrected chi connectivity index (χ2v) is 8.61. The molecule has 31 heavy (non-hydrogen) atoms. The monoisotopic (exact) mass is 422 g/mol. The second kappa shape index (κ2) is 8.30. The van der Waals surface area contributed by atoms with Crippen molar-refractivity contribution in [3.8, 4) is 5.69 Å². The van der Waals surface area contributed by atoms with Gasteiger partial charge in [-0.25, -0.2) is 9.18 Å². The number of urea groups is 1. The Labute approximate surface area is 181 Å². The number of nitrogens with one attached hydrogen (secondary N) is 1. The number of ketones is 1. The molecule has 2 amide bonds. The number of carbonyl (C=O) groups excluding carboxylic acids is 2. The van der Waals surface area contributed by atoms with Crippen LogP contribution in [0.2, 0.25) is 0 Å². The smallest absolute Gasteiger partial charge is 0.317 e. The van der Waals surface area contributed by atoms with Crippen LogP contribution < -0.4 is 5.32 Å². The lowest BCUT2D eigenvalue weighted by Gasteiger charge is -2.33. The topological polar surface area (TPSA) is 57.6 Å². The zero-order valence-electron chi connectivity index (χ0n) is 17.5. The fourth-order valence-corrected chi connectivity index (χ4v) is 4.98. The molecule has 2 aromatic rings. The van der Waals surface area contributed by atoms with E-state index in [1.54, 1.807) is 18.2 Å². The van der Waals surface area contributed by atoms with Gasteiger partial charge in [0.1, 0.15) is 5.82 Å². The first-order valence-electron chi connectivity index (χ1n) is 11.0. The van der Waals surface area contributed by atoms with Gasteiger partial charge in [-0.1, -0.05) is 0 Å². The highest BCUT2D eigenvalue weighted by atomic mass is 19.1. The van der Waals surface area contributed by atoms with E-state index < -0.39 is 0 Å². The fourth-order valence-electron chi connectivity index (χ4n) is 4.98. The highest BCUT2D eigenvalue weighted by molar-refractivity contribution is 5.98. The van der Waals surface area contributed by atoms with Gasteiger partial charge in [0.2, 0.25) is 0 Å². The first-order valence-corrected chi connectivity index (χ1v) is 11.0. The van der Waals surface area contributed by atoms with Gasteiger partial charge in [-0.2, -0.15) is 0 Å². The van der Waals surface area contributed by atoms with E-state index in [2.05, 4.69) is 21.0 Å². The molecule has 1 aromatic heterocycles. The van der Waals surface area contributed by atoms with Gasteiger partial charge in [0.25, 0.3) is 0 Å². The number of nitrogens with zero attached hydrogens (tertiary/aromatic N) is 3. The molecule has 0 bridgehead atoms. The third-order valence-electron chi connectivity index (χ3n) is 6.73. The zero-order valence-corrected chi connectivity index (χ0v) is 17.5. The molecule has 1 aliphatic carbocycles. The Balaban J connectivity index is 1.31. The van der Waals surface area contributed by atoms with Gasteiger partial charge in [-0.3, -0.25) is 4.79 Å². The molecule has 7 heteroatoms. The van der Waals surface area contributed by atoms with Crippen molar-refractivity contribution in [2.24, 2.45) is 0 Å². The largest absolute Gasteiger partial charge is 0.336 e. The molecule has 162 valence electrons. The Bertz CT molecular complexity index is 1020. The molecule has 0 saturated carbocycles. The molecular formula is C24H27FN4O2. The number of piperidine rings is 1. The van der Waals surface area contributed by atoms with Crippen LogP contribution in [0.25, 0.3) is 11.8 Å². The number of hydrogen-bond donors (Lipinski definition) is 1. The Hall–Kier alpha value is -2.93. The normalized spacial score (nSPS) is 19.7. The number of aromatic nitrogens is 1. The summed E-state index contributed by atoms with van der Waals surface area (Å²) >= 11 is 0. The summed E-state index contributed by atoms with van der Waals surface area (Å²) in [6.45, 7) is 5.17. The third kappa shape index (κ3) is 4.02. The molecule has 6 nitrogen and oxygen atoms in total. The van der Waals surface area contributed by atoms with Crippen LogP contribution in [0.3, 0.4) is 0 Å². The third-order valence-corrected chi connectivity index (χ3v) is 6.73. The van der Waals surface area contributed by atoms with E-state index in [9.17, 15) is 14.0 Å². The number of amides is 2. The summed E-state index contributed by atoms with van der Waals surface area (Å²) in [5, 5.41) is 2.85. The maximum atomic E-state index is 13.4. The SMILES string of the molecule is O=C1C=Cc2c(c(C3CCN(CCN4CCNC4=O)CC3)cn2-c2ccc(F)cc2)C1. The molecule has 0 spiro atoms. The Kier molecular flexibility index (Phi) is 5.36. The van der Waals surface area contributed by atoms with Gasteiger partial charge in [-0.05, 0) is 79.4 Å². The Morgan fingerprint density at radius 2 is 1.77 bits per heavy atom. The van der Waals surface area contributed by atoms with Gasteiger partial charge in [0.05, 0.1) is 0 Å². The quantitative estimate of drug-likeness (QED) is 0.806. The number of halogens is 1. The molecule has 5 rings (SSSR count). The summed E-state index contributed by atoms with van der Waals surface area (Å²) in [7, 11) is 0. The molecule has 1 N–H and O–H groups in total. The van der Waals surface area contributed by atoms with Crippen molar-refractivity contribution in [2.75, 3.05) is 39.3 Å². The van der Waals surface area contributed by atoms with E-state index in [1.165, 1.54) is 17.7 Å². The highest BCUT2D eigenvalue weighted by Crippen LogP contribution is 2.36. The van der Waals surface area contributed by atoms with E-state index >= 15 is 0 Å². The van der Waals surface area contributed by atoms with Crippen molar-refractivity contribution < 1.29 is 14.0 Å².